The van der Waals surface area contributed by atoms with Crippen molar-refractivity contribution in [2.75, 3.05) is 0 Å². The molecule has 0 amide bonds. The van der Waals surface area contributed by atoms with Gasteiger partial charge >= 0.3 is 0 Å². The topological polar surface area (TPSA) is 71.5 Å². The molecule has 3 N–H and O–H groups in total. The average Bonchev–Trinajstić information content (AvgIpc) is 2.47. The molecule has 0 saturated heterocycles. The van der Waals surface area contributed by atoms with Gasteiger partial charge in [-0.3, -0.25) is 0 Å². The van der Waals surface area contributed by atoms with E-state index in [1.54, 1.807) is 12.3 Å². The molecular weight excluding hydrogens is 317 g/mol. The van der Waals surface area contributed by atoms with Crippen molar-refractivity contribution in [2.24, 2.45) is 10.9 Å². The third-order valence-electron chi connectivity index (χ3n) is 2.53. The minimum Gasteiger partial charge on any atom is -0.409 e. The Labute approximate surface area is 130 Å². The molecule has 0 fully saturated rings. The van der Waals surface area contributed by atoms with Gasteiger partial charge in [0.25, 0.3) is 0 Å². The zero-order valence-electron chi connectivity index (χ0n) is 10.3. The highest BCUT2D eigenvalue weighted by molar-refractivity contribution is 7.98. The van der Waals surface area contributed by atoms with Gasteiger partial charge in [0.2, 0.25) is 0 Å². The second kappa shape index (κ2) is 6.83. The van der Waals surface area contributed by atoms with Gasteiger partial charge in [-0.05, 0) is 23.8 Å². The highest BCUT2D eigenvalue weighted by Crippen LogP contribution is 2.30. The molecule has 1 aromatic carbocycles. The van der Waals surface area contributed by atoms with E-state index in [-0.39, 0.29) is 5.84 Å². The van der Waals surface area contributed by atoms with Crippen LogP contribution in [-0.4, -0.2) is 16.0 Å². The molecule has 20 heavy (non-hydrogen) atoms. The van der Waals surface area contributed by atoms with Crippen molar-refractivity contribution >= 4 is 40.8 Å². The maximum absolute atomic E-state index is 8.70. The number of hydrogen-bond acceptors (Lipinski definition) is 4. The van der Waals surface area contributed by atoms with Crippen molar-refractivity contribution in [3.8, 4) is 0 Å². The Morgan fingerprint density at radius 1 is 1.25 bits per heavy atom. The molecule has 2 rings (SSSR count). The lowest BCUT2D eigenvalue weighted by Crippen LogP contribution is -2.14. The van der Waals surface area contributed by atoms with Crippen LogP contribution in [0.1, 0.15) is 11.1 Å². The third-order valence-corrected chi connectivity index (χ3v) is 4.34. The molecule has 2 aromatic rings. The predicted molar refractivity (Wildman–Crippen MR) is 82.8 cm³/mol. The highest BCUT2D eigenvalue weighted by Gasteiger charge is 2.11. The Hall–Kier alpha value is -1.43. The van der Waals surface area contributed by atoms with E-state index in [2.05, 4.69) is 10.1 Å². The number of aromatic nitrogens is 1. The first-order valence-corrected chi connectivity index (χ1v) is 7.35. The molecule has 0 bridgehead atoms. The first-order valence-electron chi connectivity index (χ1n) is 5.61. The van der Waals surface area contributed by atoms with Crippen LogP contribution in [0.5, 0.6) is 0 Å². The zero-order valence-corrected chi connectivity index (χ0v) is 12.6. The summed E-state index contributed by atoms with van der Waals surface area (Å²) < 4.78 is 0. The van der Waals surface area contributed by atoms with Crippen LogP contribution < -0.4 is 5.73 Å². The number of hydrogen-bond donors (Lipinski definition) is 2. The molecule has 1 aromatic heterocycles. The summed E-state index contributed by atoms with van der Waals surface area (Å²) in [6.07, 6.45) is 1.57. The molecule has 4 nitrogen and oxygen atoms in total. The van der Waals surface area contributed by atoms with E-state index in [0.717, 1.165) is 5.56 Å². The van der Waals surface area contributed by atoms with Crippen LogP contribution in [0.2, 0.25) is 10.0 Å². The van der Waals surface area contributed by atoms with Crippen molar-refractivity contribution < 1.29 is 5.21 Å². The summed E-state index contributed by atoms with van der Waals surface area (Å²) in [6.45, 7) is 0. The van der Waals surface area contributed by atoms with Crippen LogP contribution in [0.25, 0.3) is 0 Å². The van der Waals surface area contributed by atoms with E-state index in [0.29, 0.717) is 26.4 Å². The Morgan fingerprint density at radius 3 is 2.60 bits per heavy atom. The van der Waals surface area contributed by atoms with Crippen molar-refractivity contribution in [3.05, 3.63) is 57.7 Å². The van der Waals surface area contributed by atoms with Gasteiger partial charge in [0.1, 0.15) is 5.03 Å². The number of nitrogens with two attached hydrogens (primary N) is 1. The molecule has 0 saturated carbocycles. The minimum atomic E-state index is -0.0363. The number of halogens is 2. The first kappa shape index (κ1) is 15.0. The number of thioether (sulfide) groups is 1. The average molecular weight is 328 g/mol. The Balaban J connectivity index is 2.16. The molecule has 104 valence electrons. The van der Waals surface area contributed by atoms with E-state index >= 15 is 0 Å². The number of oxime groups is 1. The Bertz CT molecular complexity index is 632. The van der Waals surface area contributed by atoms with Crippen LogP contribution in [-0.2, 0) is 5.75 Å². The van der Waals surface area contributed by atoms with Gasteiger partial charge in [0, 0.05) is 22.5 Å². The van der Waals surface area contributed by atoms with Crippen molar-refractivity contribution in [1.82, 2.24) is 4.98 Å². The molecule has 0 radical (unpaired) electrons. The number of rotatable bonds is 4. The summed E-state index contributed by atoms with van der Waals surface area (Å²) in [7, 11) is 0. The molecule has 0 aliphatic heterocycles. The van der Waals surface area contributed by atoms with Gasteiger partial charge in [0.05, 0.1) is 5.02 Å². The smallest absolute Gasteiger partial charge is 0.171 e. The summed E-state index contributed by atoms with van der Waals surface area (Å²) in [4.78, 5) is 4.20. The van der Waals surface area contributed by atoms with Gasteiger partial charge in [-0.15, -0.1) is 11.8 Å². The monoisotopic (exact) mass is 327 g/mol. The fraction of sp³-hybridized carbons (Fsp3) is 0.0769. The van der Waals surface area contributed by atoms with Gasteiger partial charge in [-0.25, -0.2) is 4.98 Å². The van der Waals surface area contributed by atoms with Gasteiger partial charge in [-0.1, -0.05) is 40.5 Å². The number of nitrogens with zero attached hydrogens (tertiary/aromatic N) is 2. The van der Waals surface area contributed by atoms with E-state index < -0.39 is 0 Å². The first-order chi connectivity index (χ1) is 9.61. The highest BCUT2D eigenvalue weighted by atomic mass is 35.5. The van der Waals surface area contributed by atoms with Gasteiger partial charge in [-0.2, -0.15) is 0 Å². The van der Waals surface area contributed by atoms with Gasteiger partial charge < -0.3 is 10.9 Å². The normalized spacial score (nSPS) is 11.6. The number of pyridine rings is 1. The predicted octanol–water partition coefficient (Wildman–Crippen LogP) is 3.78. The third kappa shape index (κ3) is 3.56. The van der Waals surface area contributed by atoms with E-state index in [1.807, 2.05) is 24.3 Å². The van der Waals surface area contributed by atoms with Crippen LogP contribution in [0, 0.1) is 0 Å². The van der Waals surface area contributed by atoms with E-state index in [4.69, 9.17) is 34.1 Å². The van der Waals surface area contributed by atoms with Crippen molar-refractivity contribution in [1.29, 1.82) is 0 Å². The molecule has 0 spiro atoms. The maximum Gasteiger partial charge on any atom is 0.171 e. The molecule has 0 unspecified atom stereocenters. The van der Waals surface area contributed by atoms with Crippen LogP contribution in [0.4, 0.5) is 0 Å². The second-order valence-corrected chi connectivity index (χ2v) is 5.66. The van der Waals surface area contributed by atoms with Crippen LogP contribution >= 0.6 is 35.0 Å². The maximum atomic E-state index is 8.70. The van der Waals surface area contributed by atoms with E-state index in [9.17, 15) is 0 Å². The van der Waals surface area contributed by atoms with Gasteiger partial charge in [0.15, 0.2) is 5.84 Å². The zero-order chi connectivity index (χ0) is 14.5. The Kier molecular flexibility index (Phi) is 5.11. The van der Waals surface area contributed by atoms with Crippen LogP contribution in [0.15, 0.2) is 46.7 Å². The molecule has 1 heterocycles. The Morgan fingerprint density at radius 2 is 1.95 bits per heavy atom. The number of benzene rings is 1. The van der Waals surface area contributed by atoms with Crippen molar-refractivity contribution in [2.45, 2.75) is 10.8 Å². The molecule has 0 aliphatic rings. The van der Waals surface area contributed by atoms with Crippen LogP contribution in [0.3, 0.4) is 0 Å². The summed E-state index contributed by atoms with van der Waals surface area (Å²) in [5, 5.41) is 13.4. The molecule has 0 aliphatic carbocycles. The SMILES string of the molecule is N/C(=N/O)c1ccnc(SCc2ccc(Cl)cc2)c1Cl. The molecule has 7 heteroatoms. The summed E-state index contributed by atoms with van der Waals surface area (Å²) in [6, 6.07) is 9.15. The fourth-order valence-corrected chi connectivity index (χ4v) is 2.88. The number of amidine groups is 1. The molecular formula is C13H11Cl2N3OS. The lowest BCUT2D eigenvalue weighted by Gasteiger charge is -2.07. The summed E-state index contributed by atoms with van der Waals surface area (Å²) in [5.41, 5.74) is 7.12. The molecule has 0 atom stereocenters. The summed E-state index contributed by atoms with van der Waals surface area (Å²) in [5.74, 6) is 0.662. The van der Waals surface area contributed by atoms with Crippen molar-refractivity contribution in [3.63, 3.8) is 0 Å². The second-order valence-electron chi connectivity index (χ2n) is 3.88. The standard InChI is InChI=1S/C13H11Cl2N3OS/c14-9-3-1-8(2-4-9)7-20-13-11(15)10(5-6-17-13)12(16)18-19/h1-6,19H,7H2,(H2,16,18). The quantitative estimate of drug-likeness (QED) is 0.295. The lowest BCUT2D eigenvalue weighted by atomic mass is 10.2. The lowest BCUT2D eigenvalue weighted by molar-refractivity contribution is 0.318. The largest absolute Gasteiger partial charge is 0.409 e. The minimum absolute atomic E-state index is 0.0363. The summed E-state index contributed by atoms with van der Waals surface area (Å²) >= 11 is 13.5. The van der Waals surface area contributed by atoms with E-state index in [1.165, 1.54) is 11.8 Å². The fourth-order valence-electron chi connectivity index (χ4n) is 1.51.